The highest BCUT2D eigenvalue weighted by Gasteiger charge is 1.95. The van der Waals surface area contributed by atoms with Crippen molar-refractivity contribution in [2.24, 2.45) is 0 Å². The molecule has 11 nitrogen and oxygen atoms in total. The first kappa shape index (κ1) is 34.9. The van der Waals surface area contributed by atoms with Gasteiger partial charge in [0.15, 0.2) is 0 Å². The van der Waals surface area contributed by atoms with E-state index in [2.05, 4.69) is 5.32 Å². The molecular formula is C23H48ClNO10. The maximum Gasteiger partial charge on any atom is 0.0701 e. The molecule has 0 rings (SSSR count). The molecule has 0 aromatic rings. The lowest BCUT2D eigenvalue weighted by Crippen LogP contribution is -2.17. The Bertz CT molecular complexity index is 343. The van der Waals surface area contributed by atoms with E-state index in [9.17, 15) is 0 Å². The molecule has 0 saturated heterocycles. The van der Waals surface area contributed by atoms with Crippen molar-refractivity contribution in [1.82, 2.24) is 5.32 Å². The summed E-state index contributed by atoms with van der Waals surface area (Å²) in [5.41, 5.74) is 0. The van der Waals surface area contributed by atoms with Crippen LogP contribution in [-0.2, 0) is 47.4 Å². The van der Waals surface area contributed by atoms with E-state index in [4.69, 9.17) is 59.0 Å². The molecule has 0 bridgehead atoms. The van der Waals surface area contributed by atoms with Gasteiger partial charge in [-0.15, -0.1) is 11.6 Å². The molecule has 12 heteroatoms. The van der Waals surface area contributed by atoms with Crippen molar-refractivity contribution in [1.29, 1.82) is 0 Å². The number of rotatable bonds is 32. The van der Waals surface area contributed by atoms with Crippen molar-refractivity contribution < 1.29 is 47.4 Å². The van der Waals surface area contributed by atoms with E-state index < -0.39 is 0 Å². The molecule has 0 aromatic heterocycles. The van der Waals surface area contributed by atoms with Crippen molar-refractivity contribution in [2.75, 3.05) is 152 Å². The van der Waals surface area contributed by atoms with Crippen LogP contribution in [0.15, 0.2) is 0 Å². The third kappa shape index (κ3) is 33.9. The average molecular weight is 534 g/mol. The third-order valence-corrected chi connectivity index (χ3v) is 4.22. The second kappa shape index (κ2) is 33.8. The summed E-state index contributed by atoms with van der Waals surface area (Å²) in [6.45, 7) is 11.8. The molecule has 1 N–H and O–H groups in total. The Hall–Kier alpha value is -0.150. The Labute approximate surface area is 216 Å². The van der Waals surface area contributed by atoms with Crippen LogP contribution < -0.4 is 5.32 Å². The lowest BCUT2D eigenvalue weighted by molar-refractivity contribution is -0.0262. The molecule has 0 fully saturated rings. The Balaban J connectivity index is 3.00. The lowest BCUT2D eigenvalue weighted by atomic mass is 10.6. The fraction of sp³-hybridized carbons (Fsp3) is 1.00. The summed E-state index contributed by atoms with van der Waals surface area (Å²) in [5.74, 6) is 0.501. The van der Waals surface area contributed by atoms with Gasteiger partial charge in [0.05, 0.1) is 132 Å². The van der Waals surface area contributed by atoms with Crippen LogP contribution in [0.2, 0.25) is 0 Å². The highest BCUT2D eigenvalue weighted by Crippen LogP contribution is 1.86. The molecule has 0 atom stereocenters. The van der Waals surface area contributed by atoms with Crippen LogP contribution in [0.5, 0.6) is 0 Å². The number of ether oxygens (including phenoxy) is 10. The largest absolute Gasteiger partial charge is 0.378 e. The molecule has 0 heterocycles. The summed E-state index contributed by atoms with van der Waals surface area (Å²) in [4.78, 5) is 0. The topological polar surface area (TPSA) is 104 Å². The summed E-state index contributed by atoms with van der Waals surface area (Å²) in [7, 11) is 1.90. The van der Waals surface area contributed by atoms with Crippen LogP contribution in [0, 0.1) is 0 Å². The van der Waals surface area contributed by atoms with Gasteiger partial charge in [0, 0.05) is 12.4 Å². The average Bonchev–Trinajstić information content (AvgIpc) is 2.87. The maximum absolute atomic E-state index is 5.50. The van der Waals surface area contributed by atoms with Crippen molar-refractivity contribution in [3.8, 4) is 0 Å². The van der Waals surface area contributed by atoms with Crippen LogP contribution in [0.3, 0.4) is 0 Å². The second-order valence-electron chi connectivity index (χ2n) is 6.92. The van der Waals surface area contributed by atoms with Gasteiger partial charge in [-0.2, -0.15) is 0 Å². The molecule has 0 saturated carbocycles. The van der Waals surface area contributed by atoms with Crippen LogP contribution in [0.4, 0.5) is 0 Å². The molecule has 0 aliphatic carbocycles. The SMILES string of the molecule is CNCCOCCOCCOCCOCCOCCOCCOCCOCCOCCOCCCl. The van der Waals surface area contributed by atoms with Crippen LogP contribution in [0.1, 0.15) is 0 Å². The standard InChI is InChI=1S/C23H48ClNO10/c1-25-3-5-27-7-9-29-11-13-31-15-17-33-19-21-35-23-22-34-20-18-32-16-14-30-12-10-28-8-6-26-4-2-24/h25H,2-23H2,1H3. The number of alkyl halides is 1. The number of halogens is 1. The first-order valence-corrected chi connectivity index (χ1v) is 12.9. The zero-order chi connectivity index (χ0) is 25.3. The predicted molar refractivity (Wildman–Crippen MR) is 133 cm³/mol. The minimum atomic E-state index is 0.501. The summed E-state index contributed by atoms with van der Waals surface area (Å²) < 4.78 is 53.9. The first-order valence-electron chi connectivity index (χ1n) is 12.4. The Morgan fingerprint density at radius 3 is 0.743 bits per heavy atom. The van der Waals surface area contributed by atoms with Gasteiger partial charge < -0.3 is 52.7 Å². The summed E-state index contributed by atoms with van der Waals surface area (Å²) >= 11 is 5.50. The maximum atomic E-state index is 5.50. The Kier molecular flexibility index (Phi) is 33.7. The van der Waals surface area contributed by atoms with Crippen molar-refractivity contribution >= 4 is 11.6 Å². The van der Waals surface area contributed by atoms with Crippen molar-refractivity contribution in [3.63, 3.8) is 0 Å². The highest BCUT2D eigenvalue weighted by molar-refractivity contribution is 6.17. The Morgan fingerprint density at radius 1 is 0.343 bits per heavy atom. The summed E-state index contributed by atoms with van der Waals surface area (Å²) in [6, 6.07) is 0. The minimum absolute atomic E-state index is 0.501. The van der Waals surface area contributed by atoms with Gasteiger partial charge in [0.1, 0.15) is 0 Å². The van der Waals surface area contributed by atoms with E-state index in [-0.39, 0.29) is 0 Å². The molecule has 0 unspecified atom stereocenters. The fourth-order valence-electron chi connectivity index (χ4n) is 2.31. The molecule has 0 spiro atoms. The number of likely N-dealkylation sites (N-methyl/N-ethyl adjacent to an activating group) is 1. The smallest absolute Gasteiger partial charge is 0.0701 e. The molecular weight excluding hydrogens is 486 g/mol. The van der Waals surface area contributed by atoms with E-state index >= 15 is 0 Å². The van der Waals surface area contributed by atoms with Gasteiger partial charge >= 0.3 is 0 Å². The van der Waals surface area contributed by atoms with Gasteiger partial charge in [0.2, 0.25) is 0 Å². The van der Waals surface area contributed by atoms with Crippen LogP contribution in [-0.4, -0.2) is 152 Å². The zero-order valence-electron chi connectivity index (χ0n) is 21.5. The van der Waals surface area contributed by atoms with E-state index in [0.29, 0.717) is 138 Å². The molecule has 35 heavy (non-hydrogen) atoms. The van der Waals surface area contributed by atoms with Gasteiger partial charge in [-0.1, -0.05) is 0 Å². The van der Waals surface area contributed by atoms with Gasteiger partial charge in [0.25, 0.3) is 0 Å². The van der Waals surface area contributed by atoms with E-state index in [1.165, 1.54) is 0 Å². The molecule has 0 radical (unpaired) electrons. The fourth-order valence-corrected chi connectivity index (χ4v) is 2.42. The quantitative estimate of drug-likeness (QED) is 0.0971. The zero-order valence-corrected chi connectivity index (χ0v) is 22.3. The van der Waals surface area contributed by atoms with Gasteiger partial charge in [-0.3, -0.25) is 0 Å². The predicted octanol–water partition coefficient (Wildman–Crippen LogP) is 0.611. The van der Waals surface area contributed by atoms with E-state index in [1.54, 1.807) is 0 Å². The molecule has 0 amide bonds. The molecule has 0 aliphatic heterocycles. The number of hydrogen-bond donors (Lipinski definition) is 1. The van der Waals surface area contributed by atoms with Crippen molar-refractivity contribution in [2.45, 2.75) is 0 Å². The van der Waals surface area contributed by atoms with Crippen molar-refractivity contribution in [3.05, 3.63) is 0 Å². The first-order chi connectivity index (χ1) is 17.4. The monoisotopic (exact) mass is 533 g/mol. The second-order valence-corrected chi connectivity index (χ2v) is 7.29. The molecule has 0 aromatic carbocycles. The summed E-state index contributed by atoms with van der Waals surface area (Å²) in [5, 5.41) is 3.02. The van der Waals surface area contributed by atoms with Crippen LogP contribution in [0.25, 0.3) is 0 Å². The van der Waals surface area contributed by atoms with Crippen LogP contribution >= 0.6 is 11.6 Å². The highest BCUT2D eigenvalue weighted by atomic mass is 35.5. The summed E-state index contributed by atoms with van der Waals surface area (Å²) in [6.07, 6.45) is 0. The van der Waals surface area contributed by atoms with Gasteiger partial charge in [-0.05, 0) is 7.05 Å². The Morgan fingerprint density at radius 2 is 0.543 bits per heavy atom. The minimum Gasteiger partial charge on any atom is -0.378 e. The van der Waals surface area contributed by atoms with E-state index in [1.807, 2.05) is 7.05 Å². The van der Waals surface area contributed by atoms with E-state index in [0.717, 1.165) is 6.54 Å². The third-order valence-electron chi connectivity index (χ3n) is 4.07. The number of hydrogen-bond acceptors (Lipinski definition) is 11. The number of nitrogens with one attached hydrogen (secondary N) is 1. The molecule has 212 valence electrons. The lowest BCUT2D eigenvalue weighted by Gasteiger charge is -2.09. The van der Waals surface area contributed by atoms with Gasteiger partial charge in [-0.25, -0.2) is 0 Å². The normalized spacial score (nSPS) is 11.5. The molecule has 0 aliphatic rings.